The van der Waals surface area contributed by atoms with Gasteiger partial charge in [0.15, 0.2) is 0 Å². The zero-order chi connectivity index (χ0) is 20.6. The van der Waals surface area contributed by atoms with Crippen molar-refractivity contribution in [1.29, 1.82) is 0 Å². The van der Waals surface area contributed by atoms with Crippen LogP contribution in [0.15, 0.2) is 54.9 Å². The molecule has 29 heavy (non-hydrogen) atoms. The van der Waals surface area contributed by atoms with Gasteiger partial charge in [-0.25, -0.2) is 9.97 Å². The van der Waals surface area contributed by atoms with E-state index >= 15 is 0 Å². The smallest absolute Gasteiger partial charge is 0.228 e. The number of amides is 1. The fraction of sp³-hybridized carbons (Fsp3) is 0.227. The third-order valence-electron chi connectivity index (χ3n) is 4.39. The number of nitrogens with one attached hydrogen (secondary N) is 2. The first-order valence-corrected chi connectivity index (χ1v) is 9.43. The van der Waals surface area contributed by atoms with E-state index in [-0.39, 0.29) is 12.3 Å². The second kappa shape index (κ2) is 9.66. The number of anilines is 2. The summed E-state index contributed by atoms with van der Waals surface area (Å²) in [6.45, 7) is 5.20. The van der Waals surface area contributed by atoms with Gasteiger partial charge < -0.3 is 21.1 Å². The van der Waals surface area contributed by atoms with Gasteiger partial charge in [0.25, 0.3) is 0 Å². The van der Waals surface area contributed by atoms with Crippen molar-refractivity contribution < 1.29 is 9.53 Å². The number of aromatic nitrogens is 2. The first kappa shape index (κ1) is 20.3. The molecule has 1 aromatic heterocycles. The summed E-state index contributed by atoms with van der Waals surface area (Å²) < 4.78 is 5.76. The van der Waals surface area contributed by atoms with E-state index in [0.717, 1.165) is 16.8 Å². The molecule has 0 radical (unpaired) electrons. The fourth-order valence-corrected chi connectivity index (χ4v) is 2.70. The summed E-state index contributed by atoms with van der Waals surface area (Å²) in [7, 11) is 0. The predicted octanol–water partition coefficient (Wildman–Crippen LogP) is 3.44. The van der Waals surface area contributed by atoms with Gasteiger partial charge in [0, 0.05) is 24.8 Å². The highest BCUT2D eigenvalue weighted by atomic mass is 16.5. The van der Waals surface area contributed by atoms with Gasteiger partial charge in [-0.2, -0.15) is 0 Å². The maximum Gasteiger partial charge on any atom is 0.228 e. The molecule has 0 saturated heterocycles. The van der Waals surface area contributed by atoms with Crippen molar-refractivity contribution in [2.45, 2.75) is 20.3 Å². The highest BCUT2D eigenvalue weighted by Crippen LogP contribution is 2.21. The Hall–Kier alpha value is -3.45. The summed E-state index contributed by atoms with van der Waals surface area (Å²) in [5.41, 5.74) is 9.53. The Balaban J connectivity index is 1.57. The zero-order valence-electron chi connectivity index (χ0n) is 16.6. The van der Waals surface area contributed by atoms with E-state index in [1.165, 1.54) is 11.9 Å². The minimum atomic E-state index is -0.0617. The molecule has 0 fully saturated rings. The van der Waals surface area contributed by atoms with Crippen molar-refractivity contribution in [2.75, 3.05) is 23.7 Å². The molecule has 3 aromatic rings. The van der Waals surface area contributed by atoms with Crippen molar-refractivity contribution in [3.05, 3.63) is 71.5 Å². The van der Waals surface area contributed by atoms with Crippen LogP contribution in [0.4, 0.5) is 11.5 Å². The number of carbonyl (C=O) groups is 1. The molecule has 0 aliphatic carbocycles. The summed E-state index contributed by atoms with van der Waals surface area (Å²) in [5, 5.41) is 6.01. The number of hydrogen-bond acceptors (Lipinski definition) is 6. The average molecular weight is 391 g/mol. The molecule has 2 aromatic carbocycles. The van der Waals surface area contributed by atoms with E-state index < -0.39 is 0 Å². The summed E-state index contributed by atoms with van der Waals surface area (Å²) in [6.07, 6.45) is 1.72. The molecule has 1 amide bonds. The predicted molar refractivity (Wildman–Crippen MR) is 114 cm³/mol. The van der Waals surface area contributed by atoms with E-state index in [0.29, 0.717) is 30.5 Å². The number of nitrogens with zero attached hydrogens (tertiary/aromatic N) is 2. The first-order chi connectivity index (χ1) is 14.0. The molecular weight excluding hydrogens is 366 g/mol. The molecule has 0 atom stereocenters. The van der Waals surface area contributed by atoms with E-state index in [1.54, 1.807) is 6.07 Å². The zero-order valence-corrected chi connectivity index (χ0v) is 16.6. The molecule has 0 saturated carbocycles. The maximum absolute atomic E-state index is 12.3. The minimum Gasteiger partial charge on any atom is -0.439 e. The van der Waals surface area contributed by atoms with E-state index in [9.17, 15) is 4.79 Å². The summed E-state index contributed by atoms with van der Waals surface area (Å²) in [5.74, 6) is 1.65. The minimum absolute atomic E-state index is 0.0617. The van der Waals surface area contributed by atoms with Crippen molar-refractivity contribution in [1.82, 2.24) is 9.97 Å². The second-order valence-corrected chi connectivity index (χ2v) is 6.73. The number of benzene rings is 2. The van der Waals surface area contributed by atoms with Gasteiger partial charge in [0.05, 0.1) is 6.42 Å². The van der Waals surface area contributed by atoms with Crippen LogP contribution in [0.1, 0.15) is 16.7 Å². The Kier molecular flexibility index (Phi) is 6.76. The lowest BCUT2D eigenvalue weighted by molar-refractivity contribution is -0.115. The molecule has 3 rings (SSSR count). The molecular formula is C22H25N5O2. The number of nitrogens with two attached hydrogens (primary N) is 1. The Morgan fingerprint density at radius 1 is 1.03 bits per heavy atom. The van der Waals surface area contributed by atoms with Crippen LogP contribution in [-0.2, 0) is 11.2 Å². The standard InChI is InChI=1S/C22H25N5O2/c1-15-3-6-18(11-16(15)2)27-21(28)12-17-4-7-19(8-5-17)29-22-13-20(24-10-9-23)25-14-26-22/h3-8,11,13-14H,9-10,12,23H2,1-2H3,(H,27,28)(H,24,25,26). The molecule has 0 spiro atoms. The van der Waals surface area contributed by atoms with E-state index in [2.05, 4.69) is 20.6 Å². The Morgan fingerprint density at radius 2 is 1.83 bits per heavy atom. The van der Waals surface area contributed by atoms with Gasteiger partial charge >= 0.3 is 0 Å². The van der Waals surface area contributed by atoms with Gasteiger partial charge in [-0.3, -0.25) is 4.79 Å². The SMILES string of the molecule is Cc1ccc(NC(=O)Cc2ccc(Oc3cc(NCCN)ncn3)cc2)cc1C. The fourth-order valence-electron chi connectivity index (χ4n) is 2.70. The number of aryl methyl sites for hydroxylation is 2. The van der Waals surface area contributed by atoms with Crippen molar-refractivity contribution in [3.63, 3.8) is 0 Å². The van der Waals surface area contributed by atoms with Crippen LogP contribution in [-0.4, -0.2) is 29.0 Å². The molecule has 4 N–H and O–H groups in total. The third kappa shape index (κ3) is 6.02. The van der Waals surface area contributed by atoms with Gasteiger partial charge in [-0.15, -0.1) is 0 Å². The summed E-state index contributed by atoms with van der Waals surface area (Å²) >= 11 is 0. The number of rotatable bonds is 8. The van der Waals surface area contributed by atoms with Crippen molar-refractivity contribution in [3.8, 4) is 11.6 Å². The van der Waals surface area contributed by atoms with E-state index in [1.807, 2.05) is 56.3 Å². The van der Waals surface area contributed by atoms with Crippen LogP contribution >= 0.6 is 0 Å². The van der Waals surface area contributed by atoms with Crippen molar-refractivity contribution >= 4 is 17.4 Å². The van der Waals surface area contributed by atoms with E-state index in [4.69, 9.17) is 10.5 Å². The molecule has 0 aliphatic rings. The highest BCUT2D eigenvalue weighted by molar-refractivity contribution is 5.92. The van der Waals surface area contributed by atoms with Crippen LogP contribution in [0.2, 0.25) is 0 Å². The molecule has 0 aliphatic heterocycles. The first-order valence-electron chi connectivity index (χ1n) is 9.43. The number of ether oxygens (including phenoxy) is 1. The van der Waals surface area contributed by atoms with Gasteiger partial charge in [-0.1, -0.05) is 18.2 Å². The Morgan fingerprint density at radius 3 is 2.55 bits per heavy atom. The average Bonchev–Trinajstić information content (AvgIpc) is 2.71. The number of hydrogen-bond donors (Lipinski definition) is 3. The Bertz CT molecular complexity index is 973. The van der Waals surface area contributed by atoms with Gasteiger partial charge in [-0.05, 0) is 54.8 Å². The summed E-state index contributed by atoms with van der Waals surface area (Å²) in [4.78, 5) is 20.5. The lowest BCUT2D eigenvalue weighted by Gasteiger charge is -2.09. The van der Waals surface area contributed by atoms with Crippen LogP contribution < -0.4 is 21.1 Å². The van der Waals surface area contributed by atoms with Crippen LogP contribution in [0, 0.1) is 13.8 Å². The van der Waals surface area contributed by atoms with Gasteiger partial charge in [0.2, 0.25) is 11.8 Å². The molecule has 0 unspecified atom stereocenters. The van der Waals surface area contributed by atoms with Crippen LogP contribution in [0.25, 0.3) is 0 Å². The molecule has 7 nitrogen and oxygen atoms in total. The topological polar surface area (TPSA) is 102 Å². The molecule has 1 heterocycles. The van der Waals surface area contributed by atoms with Crippen LogP contribution in [0.3, 0.4) is 0 Å². The Labute approximate surface area is 170 Å². The normalized spacial score (nSPS) is 10.4. The highest BCUT2D eigenvalue weighted by Gasteiger charge is 2.07. The second-order valence-electron chi connectivity index (χ2n) is 6.73. The number of carbonyl (C=O) groups excluding carboxylic acids is 1. The van der Waals surface area contributed by atoms with Crippen LogP contribution in [0.5, 0.6) is 11.6 Å². The molecule has 150 valence electrons. The van der Waals surface area contributed by atoms with Crippen molar-refractivity contribution in [2.24, 2.45) is 5.73 Å². The lowest BCUT2D eigenvalue weighted by Crippen LogP contribution is -2.14. The maximum atomic E-state index is 12.3. The molecule has 7 heteroatoms. The quantitative estimate of drug-likeness (QED) is 0.544. The monoisotopic (exact) mass is 391 g/mol. The molecule has 0 bridgehead atoms. The third-order valence-corrected chi connectivity index (χ3v) is 4.39. The van der Waals surface area contributed by atoms with Gasteiger partial charge in [0.1, 0.15) is 17.9 Å². The lowest BCUT2D eigenvalue weighted by atomic mass is 10.1. The largest absolute Gasteiger partial charge is 0.439 e. The summed E-state index contributed by atoms with van der Waals surface area (Å²) in [6, 6.07) is 15.0.